The summed E-state index contributed by atoms with van der Waals surface area (Å²) < 4.78 is 4.69. The lowest BCUT2D eigenvalue weighted by Crippen LogP contribution is -2.08. The summed E-state index contributed by atoms with van der Waals surface area (Å²) in [6.07, 6.45) is 3.21. The summed E-state index contributed by atoms with van der Waals surface area (Å²) in [6.45, 7) is 2.00. The fourth-order valence-corrected chi connectivity index (χ4v) is 3.02. The predicted molar refractivity (Wildman–Crippen MR) is 79.4 cm³/mol. The molecule has 21 heavy (non-hydrogen) atoms. The lowest BCUT2D eigenvalue weighted by atomic mass is 10.1. The third-order valence-electron chi connectivity index (χ3n) is 3.57. The van der Waals surface area contributed by atoms with Crippen LogP contribution in [-0.4, -0.2) is 30.1 Å². The molecule has 1 aromatic carbocycles. The summed E-state index contributed by atoms with van der Waals surface area (Å²) in [5.74, 6) is 0.732. The summed E-state index contributed by atoms with van der Waals surface area (Å²) in [6, 6.07) is 5.94. The number of hydrogen-bond donors (Lipinski definition) is 0. The Morgan fingerprint density at radius 2 is 2.19 bits per heavy atom. The van der Waals surface area contributed by atoms with Gasteiger partial charge >= 0.3 is 0 Å². The van der Waals surface area contributed by atoms with Crippen molar-refractivity contribution in [2.45, 2.75) is 13.5 Å². The van der Waals surface area contributed by atoms with Crippen molar-refractivity contribution in [3.05, 3.63) is 46.7 Å². The van der Waals surface area contributed by atoms with Crippen molar-refractivity contribution < 1.29 is 4.79 Å². The Hall–Kier alpha value is -2.28. The number of carbonyl (C=O) groups is 1. The SMILES string of the molecule is CC(=O)c1ncn2c1Cn1ncnc1-c1cc(Br)ccc1-2. The van der Waals surface area contributed by atoms with Gasteiger partial charge in [0.1, 0.15) is 18.3 Å². The standard InChI is InChI=1S/C14H10BrN5O/c1-8(21)13-12-5-20-14(16-6-18-20)10-4-9(15)2-3-11(10)19(12)7-17-13/h2-4,6-7H,5H2,1H3. The molecular weight excluding hydrogens is 334 g/mol. The number of ketones is 1. The van der Waals surface area contributed by atoms with Gasteiger partial charge in [-0.15, -0.1) is 0 Å². The first kappa shape index (κ1) is 12.5. The van der Waals surface area contributed by atoms with Crippen LogP contribution in [0.5, 0.6) is 0 Å². The molecule has 4 rings (SSSR count). The van der Waals surface area contributed by atoms with Gasteiger partial charge in [0.05, 0.1) is 17.9 Å². The van der Waals surface area contributed by atoms with Gasteiger partial charge < -0.3 is 0 Å². The molecule has 7 heteroatoms. The minimum atomic E-state index is -0.0500. The van der Waals surface area contributed by atoms with Gasteiger partial charge in [0.2, 0.25) is 0 Å². The molecule has 0 bridgehead atoms. The van der Waals surface area contributed by atoms with Crippen LogP contribution in [0.2, 0.25) is 0 Å². The highest BCUT2D eigenvalue weighted by Gasteiger charge is 2.24. The van der Waals surface area contributed by atoms with Crippen LogP contribution in [0, 0.1) is 0 Å². The lowest BCUT2D eigenvalue weighted by molar-refractivity contribution is 0.101. The minimum Gasteiger partial charge on any atom is -0.300 e. The van der Waals surface area contributed by atoms with E-state index in [1.54, 1.807) is 11.0 Å². The Labute approximate surface area is 128 Å². The van der Waals surface area contributed by atoms with Gasteiger partial charge in [0, 0.05) is 17.0 Å². The summed E-state index contributed by atoms with van der Waals surface area (Å²) in [7, 11) is 0. The Morgan fingerprint density at radius 1 is 1.33 bits per heavy atom. The molecule has 0 radical (unpaired) electrons. The van der Waals surface area contributed by atoms with Crippen LogP contribution < -0.4 is 0 Å². The number of carbonyl (C=O) groups excluding carboxylic acids is 1. The second kappa shape index (κ2) is 4.36. The topological polar surface area (TPSA) is 65.6 Å². The number of nitrogens with zero attached hydrogens (tertiary/aromatic N) is 5. The number of Topliss-reactive ketones (excluding diaryl/α,β-unsaturated/α-hetero) is 1. The molecular formula is C14H10BrN5O. The van der Waals surface area contributed by atoms with E-state index in [1.807, 2.05) is 22.8 Å². The molecule has 0 saturated heterocycles. The van der Waals surface area contributed by atoms with E-state index >= 15 is 0 Å². The van der Waals surface area contributed by atoms with E-state index in [4.69, 9.17) is 0 Å². The molecule has 0 N–H and O–H groups in total. The Morgan fingerprint density at radius 3 is 3.00 bits per heavy atom. The first-order valence-electron chi connectivity index (χ1n) is 6.40. The average molecular weight is 344 g/mol. The number of halogens is 1. The quantitative estimate of drug-likeness (QED) is 0.498. The average Bonchev–Trinajstić information content (AvgIpc) is 3.04. The van der Waals surface area contributed by atoms with Gasteiger partial charge in [-0.25, -0.2) is 14.6 Å². The molecule has 2 aromatic heterocycles. The monoisotopic (exact) mass is 343 g/mol. The van der Waals surface area contributed by atoms with E-state index in [0.29, 0.717) is 12.2 Å². The van der Waals surface area contributed by atoms with Crippen LogP contribution in [0.4, 0.5) is 0 Å². The first-order valence-corrected chi connectivity index (χ1v) is 7.19. The second-order valence-corrected chi connectivity index (χ2v) is 5.78. The zero-order valence-corrected chi connectivity index (χ0v) is 12.7. The summed E-state index contributed by atoms with van der Waals surface area (Å²) in [5.41, 5.74) is 3.20. The highest BCUT2D eigenvalue weighted by Crippen LogP contribution is 2.33. The van der Waals surface area contributed by atoms with Crippen LogP contribution in [0.15, 0.2) is 35.3 Å². The minimum absolute atomic E-state index is 0.0500. The van der Waals surface area contributed by atoms with E-state index in [1.165, 1.54) is 13.3 Å². The number of hydrogen-bond acceptors (Lipinski definition) is 4. The summed E-state index contributed by atoms with van der Waals surface area (Å²) in [5, 5.41) is 4.26. The van der Waals surface area contributed by atoms with E-state index in [0.717, 1.165) is 27.2 Å². The van der Waals surface area contributed by atoms with Gasteiger partial charge in [-0.3, -0.25) is 9.36 Å². The van der Waals surface area contributed by atoms with Crippen LogP contribution in [0.1, 0.15) is 23.1 Å². The molecule has 3 aromatic rings. The van der Waals surface area contributed by atoms with Crippen molar-refractivity contribution in [3.8, 4) is 17.1 Å². The van der Waals surface area contributed by atoms with E-state index in [2.05, 4.69) is 31.0 Å². The molecule has 1 aliphatic rings. The Kier molecular flexibility index (Phi) is 2.58. The summed E-state index contributed by atoms with van der Waals surface area (Å²) in [4.78, 5) is 20.4. The molecule has 1 aliphatic heterocycles. The molecule has 0 unspecified atom stereocenters. The molecule has 6 nitrogen and oxygen atoms in total. The third kappa shape index (κ3) is 1.77. The molecule has 0 saturated carbocycles. The number of rotatable bonds is 1. The zero-order chi connectivity index (χ0) is 14.6. The molecule has 0 aliphatic carbocycles. The Balaban J connectivity index is 2.09. The van der Waals surface area contributed by atoms with Crippen LogP contribution >= 0.6 is 15.9 Å². The molecule has 104 valence electrons. The first-order chi connectivity index (χ1) is 10.1. The van der Waals surface area contributed by atoms with Crippen LogP contribution in [0.3, 0.4) is 0 Å². The van der Waals surface area contributed by atoms with E-state index in [9.17, 15) is 4.79 Å². The maximum absolute atomic E-state index is 11.8. The van der Waals surface area contributed by atoms with Gasteiger partial charge in [-0.2, -0.15) is 5.10 Å². The number of imidazole rings is 1. The van der Waals surface area contributed by atoms with Gasteiger partial charge in [-0.05, 0) is 18.2 Å². The van der Waals surface area contributed by atoms with Crippen molar-refractivity contribution >= 4 is 21.7 Å². The Bertz CT molecular complexity index is 879. The highest BCUT2D eigenvalue weighted by atomic mass is 79.9. The maximum atomic E-state index is 11.8. The van der Waals surface area contributed by atoms with Crippen molar-refractivity contribution in [2.24, 2.45) is 0 Å². The summed E-state index contributed by atoms with van der Waals surface area (Å²) >= 11 is 3.49. The van der Waals surface area contributed by atoms with Crippen LogP contribution in [0.25, 0.3) is 17.1 Å². The predicted octanol–water partition coefficient (Wildman–Crippen LogP) is 2.46. The van der Waals surface area contributed by atoms with Crippen molar-refractivity contribution in [2.75, 3.05) is 0 Å². The number of benzene rings is 1. The van der Waals surface area contributed by atoms with Gasteiger partial charge in [-0.1, -0.05) is 15.9 Å². The molecule has 0 atom stereocenters. The van der Waals surface area contributed by atoms with Gasteiger partial charge in [0.25, 0.3) is 0 Å². The maximum Gasteiger partial charge on any atom is 0.180 e. The second-order valence-electron chi connectivity index (χ2n) is 4.87. The number of aromatic nitrogens is 5. The third-order valence-corrected chi connectivity index (χ3v) is 4.07. The van der Waals surface area contributed by atoms with E-state index < -0.39 is 0 Å². The van der Waals surface area contributed by atoms with Crippen molar-refractivity contribution in [1.29, 1.82) is 0 Å². The van der Waals surface area contributed by atoms with Crippen LogP contribution in [-0.2, 0) is 6.54 Å². The lowest BCUT2D eigenvalue weighted by Gasteiger charge is -2.08. The number of fused-ring (bicyclic) bond motifs is 5. The van der Waals surface area contributed by atoms with Gasteiger partial charge in [0.15, 0.2) is 11.6 Å². The van der Waals surface area contributed by atoms with E-state index in [-0.39, 0.29) is 5.78 Å². The fraction of sp³-hybridized carbons (Fsp3) is 0.143. The molecule has 0 fully saturated rings. The molecule has 0 amide bonds. The normalized spacial score (nSPS) is 12.3. The highest BCUT2D eigenvalue weighted by molar-refractivity contribution is 9.10. The van der Waals surface area contributed by atoms with Crippen molar-refractivity contribution in [3.63, 3.8) is 0 Å². The largest absolute Gasteiger partial charge is 0.300 e. The van der Waals surface area contributed by atoms with Crippen molar-refractivity contribution in [1.82, 2.24) is 24.3 Å². The fourth-order valence-electron chi connectivity index (χ4n) is 2.65. The smallest absolute Gasteiger partial charge is 0.180 e. The molecule has 0 spiro atoms. The zero-order valence-electron chi connectivity index (χ0n) is 11.1. The molecule has 3 heterocycles.